The minimum absolute atomic E-state index is 0.0374. The minimum Gasteiger partial charge on any atom is -0.468 e. The number of amides is 1. The van der Waals surface area contributed by atoms with Crippen molar-refractivity contribution in [3.63, 3.8) is 0 Å². The van der Waals surface area contributed by atoms with Crippen molar-refractivity contribution in [1.29, 1.82) is 5.26 Å². The summed E-state index contributed by atoms with van der Waals surface area (Å²) in [6, 6.07) is 7.78. The quantitative estimate of drug-likeness (QED) is 0.490. The van der Waals surface area contributed by atoms with E-state index in [9.17, 15) is 25.0 Å². The first kappa shape index (κ1) is 17.5. The van der Waals surface area contributed by atoms with Gasteiger partial charge in [-0.3, -0.25) is 19.7 Å². The molecule has 1 atom stereocenters. The van der Waals surface area contributed by atoms with Gasteiger partial charge in [-0.25, -0.2) is 0 Å². The van der Waals surface area contributed by atoms with E-state index in [-0.39, 0.29) is 23.8 Å². The van der Waals surface area contributed by atoms with Crippen molar-refractivity contribution in [2.75, 3.05) is 12.9 Å². The number of esters is 1. The van der Waals surface area contributed by atoms with Crippen molar-refractivity contribution in [1.82, 2.24) is 5.32 Å². The number of nitrogens with zero attached hydrogens (tertiary/aromatic N) is 2. The lowest BCUT2D eigenvalue weighted by Gasteiger charge is -2.24. The molecule has 8 nitrogen and oxygen atoms in total. The number of hydrogen-bond donors (Lipinski definition) is 1. The van der Waals surface area contributed by atoms with Gasteiger partial charge in [0, 0.05) is 24.5 Å². The van der Waals surface area contributed by atoms with Crippen LogP contribution in [-0.4, -0.2) is 29.7 Å². The van der Waals surface area contributed by atoms with Gasteiger partial charge in [0.15, 0.2) is 0 Å². The summed E-state index contributed by atoms with van der Waals surface area (Å²) in [5.41, 5.74) is 0.877. The Labute approximate surface area is 141 Å². The van der Waals surface area contributed by atoms with Crippen molar-refractivity contribution in [3.8, 4) is 6.07 Å². The van der Waals surface area contributed by atoms with E-state index in [2.05, 4.69) is 16.1 Å². The standard InChI is InChI=1S/C15H13N3O5S/c1-23-14(20)8-24-15-12(7-16)11(6-13(19)17-15)9-2-4-10(5-3-9)18(21)22/h2-5,11H,6,8H2,1H3,(H,17,19)/t11-/m1/s1. The lowest BCUT2D eigenvalue weighted by Crippen LogP contribution is -2.31. The van der Waals surface area contributed by atoms with Crippen LogP contribution in [0.2, 0.25) is 0 Å². The van der Waals surface area contributed by atoms with Crippen LogP contribution in [0.25, 0.3) is 0 Å². The van der Waals surface area contributed by atoms with Crippen molar-refractivity contribution < 1.29 is 19.2 Å². The summed E-state index contributed by atoms with van der Waals surface area (Å²) in [5.74, 6) is -1.31. The lowest BCUT2D eigenvalue weighted by atomic mass is 9.87. The van der Waals surface area contributed by atoms with Gasteiger partial charge in [0.2, 0.25) is 5.91 Å². The first-order chi connectivity index (χ1) is 11.5. The SMILES string of the molecule is COC(=O)CSC1=C(C#N)[C@@H](c2ccc([N+](=O)[O-])cc2)CC(=O)N1. The number of benzene rings is 1. The highest BCUT2D eigenvalue weighted by atomic mass is 32.2. The van der Waals surface area contributed by atoms with Crippen LogP contribution in [0.5, 0.6) is 0 Å². The third-order valence-electron chi connectivity index (χ3n) is 3.42. The predicted octanol–water partition coefficient (Wildman–Crippen LogP) is 1.84. The first-order valence-electron chi connectivity index (χ1n) is 6.84. The minimum atomic E-state index is -0.518. The Morgan fingerprint density at radius 1 is 1.50 bits per heavy atom. The largest absolute Gasteiger partial charge is 0.468 e. The van der Waals surface area contributed by atoms with E-state index in [0.29, 0.717) is 16.2 Å². The molecule has 2 rings (SSSR count). The Hall–Kier alpha value is -2.86. The van der Waals surface area contributed by atoms with Crippen LogP contribution in [0.3, 0.4) is 0 Å². The van der Waals surface area contributed by atoms with Gasteiger partial charge in [-0.05, 0) is 5.56 Å². The molecule has 1 N–H and O–H groups in total. The lowest BCUT2D eigenvalue weighted by molar-refractivity contribution is -0.384. The summed E-state index contributed by atoms with van der Waals surface area (Å²) in [6.45, 7) is 0. The molecule has 1 aliphatic heterocycles. The summed E-state index contributed by atoms with van der Waals surface area (Å²) >= 11 is 1.02. The molecule has 0 saturated heterocycles. The van der Waals surface area contributed by atoms with Gasteiger partial charge in [0.25, 0.3) is 5.69 Å². The number of nitrogens with one attached hydrogen (secondary N) is 1. The van der Waals surface area contributed by atoms with E-state index < -0.39 is 16.8 Å². The zero-order valence-corrected chi connectivity index (χ0v) is 13.5. The summed E-state index contributed by atoms with van der Waals surface area (Å²) in [7, 11) is 1.25. The molecule has 0 fully saturated rings. The molecule has 0 bridgehead atoms. The summed E-state index contributed by atoms with van der Waals surface area (Å²) in [4.78, 5) is 33.4. The van der Waals surface area contributed by atoms with Gasteiger partial charge < -0.3 is 10.1 Å². The number of allylic oxidation sites excluding steroid dienone is 1. The number of carbonyl (C=O) groups is 2. The van der Waals surface area contributed by atoms with Crippen LogP contribution in [-0.2, 0) is 14.3 Å². The number of thioether (sulfide) groups is 1. The molecule has 0 unspecified atom stereocenters. The number of carbonyl (C=O) groups excluding carboxylic acids is 2. The van der Waals surface area contributed by atoms with Crippen LogP contribution in [0.1, 0.15) is 17.9 Å². The highest BCUT2D eigenvalue weighted by Gasteiger charge is 2.30. The van der Waals surface area contributed by atoms with Crippen LogP contribution >= 0.6 is 11.8 Å². The molecule has 1 aliphatic rings. The van der Waals surface area contributed by atoms with E-state index in [4.69, 9.17) is 0 Å². The number of methoxy groups -OCH3 is 1. The van der Waals surface area contributed by atoms with Crippen molar-refractivity contribution in [2.24, 2.45) is 0 Å². The van der Waals surface area contributed by atoms with E-state index in [0.717, 1.165) is 11.8 Å². The molecule has 1 aromatic rings. The van der Waals surface area contributed by atoms with Crippen molar-refractivity contribution in [3.05, 3.63) is 50.5 Å². The number of nitriles is 1. The molecule has 24 heavy (non-hydrogen) atoms. The highest BCUT2D eigenvalue weighted by molar-refractivity contribution is 8.03. The second-order valence-corrected chi connectivity index (χ2v) is 5.86. The molecule has 1 heterocycles. The fourth-order valence-electron chi connectivity index (χ4n) is 2.24. The number of nitro groups is 1. The maximum Gasteiger partial charge on any atom is 0.316 e. The van der Waals surface area contributed by atoms with Crippen LogP contribution in [0.4, 0.5) is 5.69 Å². The predicted molar refractivity (Wildman–Crippen MR) is 85.7 cm³/mol. The summed E-state index contributed by atoms with van der Waals surface area (Å²) in [5, 5.41) is 23.1. The van der Waals surface area contributed by atoms with E-state index in [1.54, 1.807) is 0 Å². The maximum absolute atomic E-state index is 11.9. The maximum atomic E-state index is 11.9. The van der Waals surface area contributed by atoms with Crippen molar-refractivity contribution >= 4 is 29.3 Å². The van der Waals surface area contributed by atoms with Gasteiger partial charge in [0.05, 0.1) is 34.5 Å². The smallest absolute Gasteiger partial charge is 0.316 e. The molecule has 9 heteroatoms. The summed E-state index contributed by atoms with van der Waals surface area (Å²) < 4.78 is 4.54. The van der Waals surface area contributed by atoms with Gasteiger partial charge in [-0.15, -0.1) is 0 Å². The zero-order valence-electron chi connectivity index (χ0n) is 12.6. The Morgan fingerprint density at radius 2 is 2.17 bits per heavy atom. The van der Waals surface area contributed by atoms with E-state index in [1.807, 2.05) is 0 Å². The second-order valence-electron chi connectivity index (χ2n) is 4.87. The monoisotopic (exact) mass is 347 g/mol. The third kappa shape index (κ3) is 3.91. The van der Waals surface area contributed by atoms with Crippen LogP contribution in [0.15, 0.2) is 34.9 Å². The Balaban J connectivity index is 2.33. The molecular weight excluding hydrogens is 334 g/mol. The highest BCUT2D eigenvalue weighted by Crippen LogP contribution is 2.36. The molecule has 0 aliphatic carbocycles. The second kappa shape index (κ2) is 7.61. The number of hydrogen-bond acceptors (Lipinski definition) is 7. The molecule has 0 aromatic heterocycles. The average Bonchev–Trinajstić information content (AvgIpc) is 2.59. The van der Waals surface area contributed by atoms with Crippen LogP contribution < -0.4 is 5.32 Å². The van der Waals surface area contributed by atoms with Gasteiger partial charge in [-0.1, -0.05) is 23.9 Å². The molecule has 1 amide bonds. The molecule has 1 aromatic carbocycles. The van der Waals surface area contributed by atoms with E-state index >= 15 is 0 Å². The average molecular weight is 347 g/mol. The molecule has 124 valence electrons. The Morgan fingerprint density at radius 3 is 2.71 bits per heavy atom. The Kier molecular flexibility index (Phi) is 5.55. The number of non-ortho nitro benzene ring substituents is 1. The summed E-state index contributed by atoms with van der Waals surface area (Å²) in [6.07, 6.45) is 0.0585. The normalized spacial score (nSPS) is 17.0. The van der Waals surface area contributed by atoms with Crippen molar-refractivity contribution in [2.45, 2.75) is 12.3 Å². The third-order valence-corrected chi connectivity index (χ3v) is 4.42. The zero-order chi connectivity index (χ0) is 17.7. The molecule has 0 spiro atoms. The number of rotatable bonds is 5. The topological polar surface area (TPSA) is 122 Å². The van der Waals surface area contributed by atoms with E-state index in [1.165, 1.54) is 31.4 Å². The number of nitro benzene ring substituents is 1. The fourth-order valence-corrected chi connectivity index (χ4v) is 3.15. The van der Waals surface area contributed by atoms with Gasteiger partial charge >= 0.3 is 5.97 Å². The first-order valence-corrected chi connectivity index (χ1v) is 7.83. The van der Waals surface area contributed by atoms with Crippen LogP contribution in [0, 0.1) is 21.4 Å². The molecular formula is C15H13N3O5S. The van der Waals surface area contributed by atoms with Gasteiger partial charge in [-0.2, -0.15) is 5.26 Å². The van der Waals surface area contributed by atoms with Gasteiger partial charge in [0.1, 0.15) is 0 Å². The number of ether oxygens (including phenoxy) is 1. The molecule has 0 radical (unpaired) electrons. The molecule has 0 saturated carbocycles. The Bertz CT molecular complexity index is 751. The fraction of sp³-hybridized carbons (Fsp3) is 0.267.